The van der Waals surface area contributed by atoms with Crippen molar-refractivity contribution in [3.63, 3.8) is 0 Å². The van der Waals surface area contributed by atoms with E-state index in [4.69, 9.17) is 9.72 Å². The third kappa shape index (κ3) is 5.39. The molecule has 0 unspecified atom stereocenters. The number of rotatable bonds is 8. The van der Waals surface area contributed by atoms with Crippen molar-refractivity contribution in [3.8, 4) is 5.75 Å². The number of nitrogens with zero attached hydrogens (tertiary/aromatic N) is 3. The molecule has 0 aliphatic carbocycles. The molecule has 0 saturated carbocycles. The molecule has 1 fully saturated rings. The van der Waals surface area contributed by atoms with Gasteiger partial charge in [0.2, 0.25) is 0 Å². The van der Waals surface area contributed by atoms with Gasteiger partial charge in [0, 0.05) is 6.54 Å². The molecule has 0 bridgehead atoms. The van der Waals surface area contributed by atoms with Gasteiger partial charge in [-0.1, -0.05) is 37.1 Å². The number of unbranched alkanes of at least 4 members (excludes halogenated alkanes) is 1. The first kappa shape index (κ1) is 20.0. The van der Waals surface area contributed by atoms with Gasteiger partial charge in [-0.3, -0.25) is 4.90 Å². The number of benzene rings is 2. The Kier molecular flexibility index (Phi) is 6.83. The molecule has 1 saturated heterocycles. The Labute approximate surface area is 174 Å². The van der Waals surface area contributed by atoms with E-state index in [0.29, 0.717) is 0 Å². The maximum Gasteiger partial charge on any atom is 0.124 e. The van der Waals surface area contributed by atoms with Crippen molar-refractivity contribution in [2.24, 2.45) is 0 Å². The van der Waals surface area contributed by atoms with E-state index in [1.165, 1.54) is 55.7 Å². The lowest BCUT2D eigenvalue weighted by molar-refractivity contribution is 0.265. The van der Waals surface area contributed by atoms with Crippen LogP contribution in [0, 0.1) is 6.92 Å². The van der Waals surface area contributed by atoms with Crippen LogP contribution in [0.5, 0.6) is 5.75 Å². The van der Waals surface area contributed by atoms with Crippen LogP contribution >= 0.6 is 0 Å². The van der Waals surface area contributed by atoms with E-state index >= 15 is 0 Å². The van der Waals surface area contributed by atoms with E-state index < -0.39 is 0 Å². The van der Waals surface area contributed by atoms with Crippen LogP contribution in [-0.4, -0.2) is 34.1 Å². The quantitative estimate of drug-likeness (QED) is 0.470. The lowest BCUT2D eigenvalue weighted by Gasteiger charge is -2.20. The minimum atomic E-state index is 0.761. The van der Waals surface area contributed by atoms with Crippen molar-refractivity contribution in [2.45, 2.75) is 58.5 Å². The highest BCUT2D eigenvalue weighted by atomic mass is 16.5. The first-order chi connectivity index (χ1) is 14.3. The summed E-state index contributed by atoms with van der Waals surface area (Å²) in [5, 5.41) is 0. The van der Waals surface area contributed by atoms with E-state index in [1.54, 1.807) is 0 Å². The van der Waals surface area contributed by atoms with Crippen molar-refractivity contribution in [1.82, 2.24) is 14.5 Å². The molecule has 0 radical (unpaired) electrons. The fraction of sp³-hybridized carbons (Fsp3) is 0.480. The summed E-state index contributed by atoms with van der Waals surface area (Å²) in [5.74, 6) is 2.19. The molecule has 1 aromatic heterocycles. The number of fused-ring (bicyclic) bond motifs is 1. The van der Waals surface area contributed by atoms with Gasteiger partial charge in [-0.2, -0.15) is 0 Å². The molecule has 29 heavy (non-hydrogen) atoms. The third-order valence-electron chi connectivity index (χ3n) is 5.83. The minimum Gasteiger partial charge on any atom is -0.494 e. The van der Waals surface area contributed by atoms with Gasteiger partial charge in [-0.25, -0.2) is 4.98 Å². The second-order valence-corrected chi connectivity index (χ2v) is 8.23. The van der Waals surface area contributed by atoms with Crippen molar-refractivity contribution >= 4 is 11.0 Å². The predicted octanol–water partition coefficient (Wildman–Crippen LogP) is 5.58. The Morgan fingerprint density at radius 1 is 0.931 bits per heavy atom. The van der Waals surface area contributed by atoms with Crippen LogP contribution in [0.15, 0.2) is 48.5 Å². The molecule has 0 spiro atoms. The highest BCUT2D eigenvalue weighted by Gasteiger charge is 2.15. The summed E-state index contributed by atoms with van der Waals surface area (Å²) in [6, 6.07) is 16.8. The number of hydrogen-bond donors (Lipinski definition) is 0. The van der Waals surface area contributed by atoms with Crippen molar-refractivity contribution in [1.29, 1.82) is 0 Å². The summed E-state index contributed by atoms with van der Waals surface area (Å²) in [6.45, 7) is 7.23. The fourth-order valence-electron chi connectivity index (χ4n) is 4.26. The topological polar surface area (TPSA) is 30.3 Å². The van der Waals surface area contributed by atoms with E-state index in [2.05, 4.69) is 58.9 Å². The van der Waals surface area contributed by atoms with Gasteiger partial charge in [0.05, 0.1) is 24.2 Å². The molecule has 3 aromatic rings. The second-order valence-electron chi connectivity index (χ2n) is 8.23. The Balaban J connectivity index is 1.37. The average Bonchev–Trinajstić information content (AvgIpc) is 2.88. The number of likely N-dealkylation sites (tertiary alicyclic amines) is 1. The van der Waals surface area contributed by atoms with Gasteiger partial charge < -0.3 is 9.30 Å². The number of imidazole rings is 1. The molecule has 1 aliphatic rings. The molecule has 0 N–H and O–H groups in total. The van der Waals surface area contributed by atoms with Crippen molar-refractivity contribution in [3.05, 3.63) is 59.9 Å². The summed E-state index contributed by atoms with van der Waals surface area (Å²) >= 11 is 0. The summed E-state index contributed by atoms with van der Waals surface area (Å²) in [7, 11) is 0. The predicted molar refractivity (Wildman–Crippen MR) is 119 cm³/mol. The molecular weight excluding hydrogens is 358 g/mol. The first-order valence-corrected chi connectivity index (χ1v) is 11.2. The van der Waals surface area contributed by atoms with Crippen LogP contribution in [0.2, 0.25) is 0 Å². The second kappa shape index (κ2) is 9.93. The summed E-state index contributed by atoms with van der Waals surface area (Å²) in [5.41, 5.74) is 3.62. The highest BCUT2D eigenvalue weighted by molar-refractivity contribution is 5.75. The van der Waals surface area contributed by atoms with Gasteiger partial charge in [0.1, 0.15) is 11.6 Å². The molecule has 1 aliphatic heterocycles. The molecule has 4 rings (SSSR count). The molecule has 154 valence electrons. The van der Waals surface area contributed by atoms with Gasteiger partial charge in [0.15, 0.2) is 0 Å². The Bertz CT molecular complexity index is 909. The van der Waals surface area contributed by atoms with Crippen LogP contribution in [-0.2, 0) is 13.1 Å². The van der Waals surface area contributed by atoms with E-state index in [-0.39, 0.29) is 0 Å². The molecule has 0 amide bonds. The zero-order chi connectivity index (χ0) is 19.9. The minimum absolute atomic E-state index is 0.761. The van der Waals surface area contributed by atoms with Gasteiger partial charge in [-0.15, -0.1) is 0 Å². The summed E-state index contributed by atoms with van der Waals surface area (Å²) in [4.78, 5) is 7.57. The maximum absolute atomic E-state index is 5.93. The average molecular weight is 392 g/mol. The molecule has 4 nitrogen and oxygen atoms in total. The van der Waals surface area contributed by atoms with Gasteiger partial charge in [-0.05, 0) is 75.5 Å². The highest BCUT2D eigenvalue weighted by Crippen LogP contribution is 2.20. The number of aryl methyl sites for hydroxylation is 2. The van der Waals surface area contributed by atoms with E-state index in [0.717, 1.165) is 43.8 Å². The van der Waals surface area contributed by atoms with Crippen LogP contribution < -0.4 is 4.74 Å². The third-order valence-corrected chi connectivity index (χ3v) is 5.83. The molecule has 4 heteroatoms. The molecule has 0 atom stereocenters. The Morgan fingerprint density at radius 2 is 1.76 bits per heavy atom. The largest absolute Gasteiger partial charge is 0.494 e. The Morgan fingerprint density at radius 3 is 2.59 bits per heavy atom. The van der Waals surface area contributed by atoms with Gasteiger partial charge in [0.25, 0.3) is 0 Å². The molecular formula is C25H33N3O. The fourth-order valence-corrected chi connectivity index (χ4v) is 4.26. The zero-order valence-electron chi connectivity index (χ0n) is 17.6. The van der Waals surface area contributed by atoms with Crippen molar-refractivity contribution in [2.75, 3.05) is 19.7 Å². The normalized spacial score (nSPS) is 15.5. The number of para-hydroxylation sites is 2. The first-order valence-electron chi connectivity index (χ1n) is 11.2. The number of aromatic nitrogens is 2. The number of ether oxygens (including phenoxy) is 1. The smallest absolute Gasteiger partial charge is 0.124 e. The van der Waals surface area contributed by atoms with Crippen LogP contribution in [0.3, 0.4) is 0 Å². The van der Waals surface area contributed by atoms with E-state index in [9.17, 15) is 0 Å². The molecule has 2 heterocycles. The lowest BCUT2D eigenvalue weighted by atomic mass is 10.2. The van der Waals surface area contributed by atoms with Crippen LogP contribution in [0.25, 0.3) is 11.0 Å². The van der Waals surface area contributed by atoms with E-state index in [1.807, 2.05) is 6.07 Å². The van der Waals surface area contributed by atoms with Crippen LogP contribution in [0.4, 0.5) is 0 Å². The van der Waals surface area contributed by atoms with Crippen molar-refractivity contribution < 1.29 is 4.74 Å². The zero-order valence-corrected chi connectivity index (χ0v) is 17.6. The maximum atomic E-state index is 5.93. The summed E-state index contributed by atoms with van der Waals surface area (Å²) in [6.07, 6.45) is 7.51. The number of hydrogen-bond acceptors (Lipinski definition) is 3. The Hall–Kier alpha value is -2.33. The SMILES string of the molecule is Cc1cccc(OCCCCn2c(CN3CCCCCC3)nc3ccccc32)c1. The summed E-state index contributed by atoms with van der Waals surface area (Å²) < 4.78 is 8.36. The lowest BCUT2D eigenvalue weighted by Crippen LogP contribution is -2.26. The van der Waals surface area contributed by atoms with Gasteiger partial charge >= 0.3 is 0 Å². The molecule has 2 aromatic carbocycles. The van der Waals surface area contributed by atoms with Crippen LogP contribution in [0.1, 0.15) is 49.9 Å². The monoisotopic (exact) mass is 391 g/mol. The standard InChI is InChI=1S/C25H33N3O/c1-21-11-10-12-22(19-21)29-18-9-8-17-28-24-14-5-4-13-23(24)26-25(28)20-27-15-6-2-3-7-16-27/h4-5,10-14,19H,2-3,6-9,15-18,20H2,1H3.